The lowest BCUT2D eigenvalue weighted by atomic mass is 9.94. The molecule has 0 saturated heterocycles. The number of benzene rings is 2. The Kier molecular flexibility index (Phi) is 5.97. The van der Waals surface area contributed by atoms with Crippen molar-refractivity contribution in [2.45, 2.75) is 25.9 Å². The summed E-state index contributed by atoms with van der Waals surface area (Å²) >= 11 is 0. The van der Waals surface area contributed by atoms with Crippen LogP contribution in [0.4, 0.5) is 0 Å². The van der Waals surface area contributed by atoms with Crippen LogP contribution in [0.25, 0.3) is 0 Å². The summed E-state index contributed by atoms with van der Waals surface area (Å²) in [4.78, 5) is 0. The summed E-state index contributed by atoms with van der Waals surface area (Å²) in [7, 11) is 1.75. The minimum absolute atomic E-state index is 0.198. The SMILES string of the molecule is COCC(NC(c1ccccc1)C(C)C)c1ccccc1. The van der Waals surface area contributed by atoms with Crippen LogP contribution in [0.5, 0.6) is 0 Å². The van der Waals surface area contributed by atoms with Gasteiger partial charge in [-0.3, -0.25) is 0 Å². The van der Waals surface area contributed by atoms with Crippen molar-refractivity contribution in [3.63, 3.8) is 0 Å². The van der Waals surface area contributed by atoms with Crippen molar-refractivity contribution in [2.24, 2.45) is 5.92 Å². The topological polar surface area (TPSA) is 21.3 Å². The van der Waals surface area contributed by atoms with E-state index >= 15 is 0 Å². The molecular formula is C19H25NO. The lowest BCUT2D eigenvalue weighted by Gasteiger charge is -2.29. The Morgan fingerprint density at radius 1 is 0.857 bits per heavy atom. The summed E-state index contributed by atoms with van der Waals surface area (Å²) in [6, 6.07) is 21.6. The van der Waals surface area contributed by atoms with Gasteiger partial charge in [-0.15, -0.1) is 0 Å². The van der Waals surface area contributed by atoms with Crippen LogP contribution in [0.1, 0.15) is 37.1 Å². The van der Waals surface area contributed by atoms with Crippen molar-refractivity contribution < 1.29 is 4.74 Å². The monoisotopic (exact) mass is 283 g/mol. The molecular weight excluding hydrogens is 258 g/mol. The molecule has 2 aromatic carbocycles. The number of nitrogens with one attached hydrogen (secondary N) is 1. The Morgan fingerprint density at radius 2 is 1.38 bits per heavy atom. The molecule has 0 fully saturated rings. The van der Waals surface area contributed by atoms with E-state index in [-0.39, 0.29) is 6.04 Å². The third kappa shape index (κ3) is 4.42. The van der Waals surface area contributed by atoms with Crippen molar-refractivity contribution in [3.8, 4) is 0 Å². The third-order valence-corrected chi connectivity index (χ3v) is 3.74. The van der Waals surface area contributed by atoms with E-state index in [2.05, 4.69) is 73.8 Å². The molecule has 0 heterocycles. The molecule has 112 valence electrons. The minimum Gasteiger partial charge on any atom is -0.383 e. The molecule has 2 aromatic rings. The first-order valence-corrected chi connectivity index (χ1v) is 7.57. The van der Waals surface area contributed by atoms with Gasteiger partial charge in [-0.05, 0) is 17.0 Å². The Labute approximate surface area is 128 Å². The van der Waals surface area contributed by atoms with Crippen molar-refractivity contribution in [2.75, 3.05) is 13.7 Å². The Balaban J connectivity index is 2.21. The van der Waals surface area contributed by atoms with Gasteiger partial charge in [0.15, 0.2) is 0 Å². The lowest BCUT2D eigenvalue weighted by molar-refractivity contribution is 0.156. The summed E-state index contributed by atoms with van der Waals surface area (Å²) < 4.78 is 5.41. The van der Waals surface area contributed by atoms with Gasteiger partial charge in [0.1, 0.15) is 0 Å². The molecule has 2 heteroatoms. The first-order valence-electron chi connectivity index (χ1n) is 7.57. The summed E-state index contributed by atoms with van der Waals surface area (Å²) in [5.41, 5.74) is 2.59. The number of hydrogen-bond donors (Lipinski definition) is 1. The third-order valence-electron chi connectivity index (χ3n) is 3.74. The van der Waals surface area contributed by atoms with E-state index in [1.807, 2.05) is 6.07 Å². The van der Waals surface area contributed by atoms with E-state index in [1.165, 1.54) is 11.1 Å². The summed E-state index contributed by atoms with van der Waals surface area (Å²) in [5.74, 6) is 0.510. The molecule has 0 aliphatic rings. The zero-order valence-corrected chi connectivity index (χ0v) is 13.1. The lowest BCUT2D eigenvalue weighted by Crippen LogP contribution is -2.32. The molecule has 2 rings (SSSR count). The second kappa shape index (κ2) is 7.96. The molecule has 0 radical (unpaired) electrons. The fourth-order valence-electron chi connectivity index (χ4n) is 2.64. The van der Waals surface area contributed by atoms with Gasteiger partial charge in [0.25, 0.3) is 0 Å². The standard InChI is InChI=1S/C19H25NO/c1-15(2)19(17-12-8-5-9-13-17)20-18(14-21-3)16-10-6-4-7-11-16/h4-13,15,18-20H,14H2,1-3H3. The Bertz CT molecular complexity index is 510. The predicted molar refractivity (Wildman–Crippen MR) is 88.2 cm³/mol. The van der Waals surface area contributed by atoms with Gasteiger partial charge in [-0.2, -0.15) is 0 Å². The van der Waals surface area contributed by atoms with Gasteiger partial charge in [0.05, 0.1) is 12.6 Å². The van der Waals surface area contributed by atoms with Crippen molar-refractivity contribution in [1.82, 2.24) is 5.32 Å². The maximum absolute atomic E-state index is 5.41. The smallest absolute Gasteiger partial charge is 0.0657 e. The van der Waals surface area contributed by atoms with Crippen LogP contribution in [0.3, 0.4) is 0 Å². The zero-order chi connectivity index (χ0) is 15.1. The maximum atomic E-state index is 5.41. The quantitative estimate of drug-likeness (QED) is 0.815. The van der Waals surface area contributed by atoms with Gasteiger partial charge in [0.2, 0.25) is 0 Å². The molecule has 2 atom stereocenters. The highest BCUT2D eigenvalue weighted by Crippen LogP contribution is 2.26. The van der Waals surface area contributed by atoms with Gasteiger partial charge < -0.3 is 10.1 Å². The largest absolute Gasteiger partial charge is 0.383 e. The Morgan fingerprint density at radius 3 is 1.86 bits per heavy atom. The number of hydrogen-bond acceptors (Lipinski definition) is 2. The molecule has 1 N–H and O–H groups in total. The second-order valence-corrected chi connectivity index (χ2v) is 5.72. The molecule has 21 heavy (non-hydrogen) atoms. The van der Waals surface area contributed by atoms with E-state index in [0.29, 0.717) is 18.6 Å². The van der Waals surface area contributed by atoms with Crippen molar-refractivity contribution in [1.29, 1.82) is 0 Å². The number of ether oxygens (including phenoxy) is 1. The first kappa shape index (κ1) is 15.7. The summed E-state index contributed by atoms with van der Waals surface area (Å²) in [5, 5.41) is 3.76. The van der Waals surface area contributed by atoms with Crippen LogP contribution in [0.15, 0.2) is 60.7 Å². The highest BCUT2D eigenvalue weighted by atomic mass is 16.5. The summed E-state index contributed by atoms with van der Waals surface area (Å²) in [6.07, 6.45) is 0. The van der Waals surface area contributed by atoms with Gasteiger partial charge in [-0.1, -0.05) is 74.5 Å². The van der Waals surface area contributed by atoms with Crippen LogP contribution >= 0.6 is 0 Å². The average Bonchev–Trinajstić information content (AvgIpc) is 2.52. The minimum atomic E-state index is 0.198. The fourth-order valence-corrected chi connectivity index (χ4v) is 2.64. The van der Waals surface area contributed by atoms with E-state index in [9.17, 15) is 0 Å². The van der Waals surface area contributed by atoms with Crippen LogP contribution in [0.2, 0.25) is 0 Å². The highest BCUT2D eigenvalue weighted by molar-refractivity contribution is 5.23. The van der Waals surface area contributed by atoms with E-state index in [4.69, 9.17) is 4.74 Å². The average molecular weight is 283 g/mol. The number of rotatable bonds is 7. The molecule has 0 aliphatic heterocycles. The molecule has 0 aromatic heterocycles. The molecule has 0 spiro atoms. The van der Waals surface area contributed by atoms with Gasteiger partial charge in [0, 0.05) is 13.2 Å². The zero-order valence-electron chi connectivity index (χ0n) is 13.1. The Hall–Kier alpha value is -1.64. The molecule has 0 aliphatic carbocycles. The molecule has 0 bridgehead atoms. The molecule has 0 saturated carbocycles. The molecule has 0 amide bonds. The molecule has 2 unspecified atom stereocenters. The predicted octanol–water partition coefficient (Wildman–Crippen LogP) is 4.36. The van der Waals surface area contributed by atoms with Crippen LogP contribution < -0.4 is 5.32 Å². The van der Waals surface area contributed by atoms with Crippen molar-refractivity contribution in [3.05, 3.63) is 71.8 Å². The van der Waals surface area contributed by atoms with Gasteiger partial charge in [-0.25, -0.2) is 0 Å². The van der Waals surface area contributed by atoms with E-state index in [0.717, 1.165) is 0 Å². The van der Waals surface area contributed by atoms with Crippen LogP contribution in [-0.4, -0.2) is 13.7 Å². The fraction of sp³-hybridized carbons (Fsp3) is 0.368. The summed E-state index contributed by atoms with van der Waals surface area (Å²) in [6.45, 7) is 5.17. The van der Waals surface area contributed by atoms with Crippen molar-refractivity contribution >= 4 is 0 Å². The second-order valence-electron chi connectivity index (χ2n) is 5.72. The van der Waals surface area contributed by atoms with E-state index < -0.39 is 0 Å². The van der Waals surface area contributed by atoms with Gasteiger partial charge >= 0.3 is 0 Å². The number of methoxy groups -OCH3 is 1. The van der Waals surface area contributed by atoms with Crippen LogP contribution in [0, 0.1) is 5.92 Å². The first-order chi connectivity index (χ1) is 10.2. The maximum Gasteiger partial charge on any atom is 0.0657 e. The highest BCUT2D eigenvalue weighted by Gasteiger charge is 2.20. The van der Waals surface area contributed by atoms with Crippen LogP contribution in [-0.2, 0) is 4.74 Å². The normalized spacial score (nSPS) is 14.1. The van der Waals surface area contributed by atoms with E-state index in [1.54, 1.807) is 7.11 Å². The molecule has 2 nitrogen and oxygen atoms in total.